The van der Waals surface area contributed by atoms with E-state index in [4.69, 9.17) is 0 Å². The predicted octanol–water partition coefficient (Wildman–Crippen LogP) is 10.8. The van der Waals surface area contributed by atoms with Crippen molar-refractivity contribution in [3.63, 3.8) is 0 Å². The van der Waals surface area contributed by atoms with Crippen molar-refractivity contribution in [2.24, 2.45) is 0 Å². The Morgan fingerprint density at radius 3 is 0.679 bits per heavy atom. The normalized spacial score (nSPS) is 7.61. The average molecular weight is 640 g/mol. The van der Waals surface area contributed by atoms with Crippen molar-refractivity contribution in [3.8, 4) is 0 Å². The van der Waals surface area contributed by atoms with Gasteiger partial charge in [-0.05, 0) is 36.4 Å². The minimum absolute atomic E-state index is 1.06. The summed E-state index contributed by atoms with van der Waals surface area (Å²) in [6.07, 6.45) is 0. The Balaban J connectivity index is -0.000000289. The number of rotatable bonds is 0. The molecular weight excluding hydrogens is 608 g/mol. The van der Waals surface area contributed by atoms with Gasteiger partial charge in [-0.3, -0.25) is 0 Å². The molecule has 0 aliphatic carbocycles. The van der Waals surface area contributed by atoms with Gasteiger partial charge >= 0.3 is 0 Å². The molecule has 0 nitrogen and oxygen atoms in total. The molecule has 3 aromatic carbocycles. The Morgan fingerprint density at radius 2 is 0.607 bits per heavy atom. The van der Waals surface area contributed by atoms with E-state index >= 15 is 0 Å². The number of hydrogen-bond acceptors (Lipinski definition) is 0. The number of halogens is 4. The highest BCUT2D eigenvalue weighted by Gasteiger charge is 1.75. The third-order valence-corrected chi connectivity index (χ3v) is 3.79. The van der Waals surface area contributed by atoms with Crippen LogP contribution in [0.4, 0.5) is 0 Å². The molecule has 0 radical (unpaired) electrons. The van der Waals surface area contributed by atoms with E-state index in [0.717, 1.165) is 18.7 Å². The summed E-state index contributed by atoms with van der Waals surface area (Å²) >= 11 is 13.1. The van der Waals surface area contributed by atoms with E-state index in [1.165, 1.54) is 0 Å². The Kier molecular flexibility index (Phi) is 33.2. The molecule has 4 heteroatoms. The smallest absolute Gasteiger partial charge is 0.0175 e. The standard InChI is InChI=1S/3C6H5Br.C2H5Br.2C2H6/c3*7-6-4-2-1-3-5-6;1-2-3;2*1-2/h3*1-5H;2H2,1H3;2*1-2H3. The molecule has 3 aromatic rings. The molecule has 0 N–H and O–H groups in total. The summed E-state index contributed by atoms with van der Waals surface area (Å²) in [6.45, 7) is 10.0. The van der Waals surface area contributed by atoms with Gasteiger partial charge in [-0.15, -0.1) is 0 Å². The van der Waals surface area contributed by atoms with E-state index in [-0.39, 0.29) is 0 Å². The van der Waals surface area contributed by atoms with Crippen LogP contribution in [0.1, 0.15) is 34.6 Å². The van der Waals surface area contributed by atoms with Crippen LogP contribution in [0.3, 0.4) is 0 Å². The minimum Gasteiger partial charge on any atom is -0.0931 e. The molecule has 0 aromatic heterocycles. The lowest BCUT2D eigenvalue weighted by Crippen LogP contribution is -1.55. The van der Waals surface area contributed by atoms with E-state index in [1.807, 2.05) is 126 Å². The average Bonchev–Trinajstić information content (AvgIpc) is 2.74. The highest BCUT2D eigenvalue weighted by molar-refractivity contribution is 9.11. The van der Waals surface area contributed by atoms with Gasteiger partial charge in [0.1, 0.15) is 0 Å². The highest BCUT2D eigenvalue weighted by atomic mass is 79.9. The summed E-state index contributed by atoms with van der Waals surface area (Å²) < 4.78 is 3.40. The van der Waals surface area contributed by atoms with Crippen molar-refractivity contribution < 1.29 is 0 Å². The van der Waals surface area contributed by atoms with Crippen LogP contribution >= 0.6 is 63.7 Å². The van der Waals surface area contributed by atoms with Crippen LogP contribution in [0.2, 0.25) is 0 Å². The SMILES string of the molecule is Brc1ccccc1.Brc1ccccc1.Brc1ccccc1.CC.CC.CCBr. The molecule has 0 saturated carbocycles. The molecule has 0 bridgehead atoms. The summed E-state index contributed by atoms with van der Waals surface area (Å²) in [4.78, 5) is 0. The van der Waals surface area contributed by atoms with Gasteiger partial charge in [0, 0.05) is 18.7 Å². The van der Waals surface area contributed by atoms with Crippen LogP contribution in [0.15, 0.2) is 104 Å². The topological polar surface area (TPSA) is 0 Å². The molecule has 0 amide bonds. The van der Waals surface area contributed by atoms with Gasteiger partial charge in [-0.2, -0.15) is 0 Å². The summed E-state index contributed by atoms with van der Waals surface area (Å²) in [7, 11) is 0. The van der Waals surface area contributed by atoms with Crippen LogP contribution < -0.4 is 0 Å². The second-order valence-electron chi connectivity index (χ2n) is 4.15. The summed E-state index contributed by atoms with van der Waals surface area (Å²) in [6, 6.07) is 29.9. The van der Waals surface area contributed by atoms with Crippen LogP contribution in [-0.2, 0) is 0 Å². The molecule has 28 heavy (non-hydrogen) atoms. The van der Waals surface area contributed by atoms with Gasteiger partial charge in [0.2, 0.25) is 0 Å². The Morgan fingerprint density at radius 1 is 0.464 bits per heavy atom. The van der Waals surface area contributed by atoms with Crippen molar-refractivity contribution in [1.82, 2.24) is 0 Å². The Labute approximate surface area is 206 Å². The Bertz CT molecular complexity index is 510. The lowest BCUT2D eigenvalue weighted by Gasteiger charge is -1.80. The maximum absolute atomic E-state index is 3.31. The van der Waals surface area contributed by atoms with E-state index < -0.39 is 0 Å². The lowest BCUT2D eigenvalue weighted by atomic mass is 10.4. The van der Waals surface area contributed by atoms with Gasteiger partial charge in [0.15, 0.2) is 0 Å². The minimum atomic E-state index is 1.06. The molecule has 0 saturated heterocycles. The monoisotopic (exact) mass is 636 g/mol. The third-order valence-electron chi connectivity index (χ3n) is 2.20. The largest absolute Gasteiger partial charge is 0.0931 e. The second-order valence-corrected chi connectivity index (χ2v) is 8.02. The molecule has 0 spiro atoms. The fourth-order valence-corrected chi connectivity index (χ4v) is 2.16. The summed E-state index contributed by atoms with van der Waals surface area (Å²) in [5.74, 6) is 0. The van der Waals surface area contributed by atoms with Crippen molar-refractivity contribution >= 4 is 63.7 Å². The van der Waals surface area contributed by atoms with Crippen molar-refractivity contribution in [1.29, 1.82) is 0 Å². The molecule has 156 valence electrons. The zero-order chi connectivity index (χ0) is 22.0. The van der Waals surface area contributed by atoms with Crippen molar-refractivity contribution in [2.45, 2.75) is 34.6 Å². The number of alkyl halides is 1. The number of hydrogen-bond donors (Lipinski definition) is 0. The lowest BCUT2D eigenvalue weighted by molar-refractivity contribution is 1.50. The van der Waals surface area contributed by atoms with E-state index in [1.54, 1.807) is 0 Å². The van der Waals surface area contributed by atoms with Gasteiger partial charge in [-0.1, -0.05) is 153 Å². The number of benzene rings is 3. The van der Waals surface area contributed by atoms with Crippen LogP contribution in [0.25, 0.3) is 0 Å². The van der Waals surface area contributed by atoms with Crippen LogP contribution in [0.5, 0.6) is 0 Å². The van der Waals surface area contributed by atoms with Crippen LogP contribution in [0, 0.1) is 0 Å². The van der Waals surface area contributed by atoms with Crippen molar-refractivity contribution in [3.05, 3.63) is 104 Å². The first kappa shape index (κ1) is 32.3. The molecule has 0 heterocycles. The first-order chi connectivity index (χ1) is 13.6. The molecule has 0 unspecified atom stereocenters. The second kappa shape index (κ2) is 28.8. The summed E-state index contributed by atoms with van der Waals surface area (Å²) in [5.41, 5.74) is 0. The van der Waals surface area contributed by atoms with Gasteiger partial charge < -0.3 is 0 Å². The molecule has 0 aliphatic heterocycles. The molecule has 0 aliphatic rings. The molecule has 0 fully saturated rings. The van der Waals surface area contributed by atoms with Gasteiger partial charge in [0.05, 0.1) is 0 Å². The molecular formula is C24H32Br4. The van der Waals surface area contributed by atoms with E-state index in [9.17, 15) is 0 Å². The molecule has 3 rings (SSSR count). The van der Waals surface area contributed by atoms with Gasteiger partial charge in [-0.25, -0.2) is 0 Å². The first-order valence-corrected chi connectivity index (χ1v) is 12.8. The van der Waals surface area contributed by atoms with E-state index in [0.29, 0.717) is 0 Å². The molecule has 0 atom stereocenters. The first-order valence-electron chi connectivity index (χ1n) is 9.27. The zero-order valence-corrected chi connectivity index (χ0v) is 23.7. The maximum atomic E-state index is 3.31. The predicted molar refractivity (Wildman–Crippen MR) is 145 cm³/mol. The highest BCUT2D eigenvalue weighted by Crippen LogP contribution is 2.06. The van der Waals surface area contributed by atoms with Gasteiger partial charge in [0.25, 0.3) is 0 Å². The van der Waals surface area contributed by atoms with Crippen molar-refractivity contribution in [2.75, 3.05) is 5.33 Å². The van der Waals surface area contributed by atoms with E-state index in [2.05, 4.69) is 63.7 Å². The maximum Gasteiger partial charge on any atom is 0.0175 e. The fraction of sp³-hybridized carbons (Fsp3) is 0.250. The third kappa shape index (κ3) is 27.8. The zero-order valence-electron chi connectivity index (χ0n) is 17.4. The Hall–Kier alpha value is -0.420. The fourth-order valence-electron chi connectivity index (χ4n) is 1.24. The summed E-state index contributed by atoms with van der Waals surface area (Å²) in [5, 5.41) is 1.06. The quantitative estimate of drug-likeness (QED) is 0.215. The van der Waals surface area contributed by atoms with Crippen LogP contribution in [-0.4, -0.2) is 5.33 Å².